The van der Waals surface area contributed by atoms with Crippen LogP contribution in [0.5, 0.6) is 0 Å². The van der Waals surface area contributed by atoms with Crippen molar-refractivity contribution in [3.8, 4) is 0 Å². The summed E-state index contributed by atoms with van der Waals surface area (Å²) in [5.41, 5.74) is 0. The lowest BCUT2D eigenvalue weighted by Crippen LogP contribution is -2.45. The van der Waals surface area contributed by atoms with Gasteiger partial charge in [0.1, 0.15) is 6.10 Å². The Bertz CT molecular complexity index is 466. The van der Waals surface area contributed by atoms with Gasteiger partial charge in [-0.05, 0) is 24.6 Å². The highest BCUT2D eigenvalue weighted by Crippen LogP contribution is 2.47. The van der Waals surface area contributed by atoms with Crippen molar-refractivity contribution < 1.29 is 19.1 Å². The zero-order valence-electron chi connectivity index (χ0n) is 15.3. The second-order valence-corrected chi connectivity index (χ2v) is 13.2. The first kappa shape index (κ1) is 18.7. The number of hydrogen-bond acceptors (Lipinski definition) is 4. The van der Waals surface area contributed by atoms with Crippen LogP contribution >= 0.6 is 0 Å². The molecule has 2 aliphatic rings. The molecule has 23 heavy (non-hydrogen) atoms. The summed E-state index contributed by atoms with van der Waals surface area (Å²) in [4.78, 5) is 11.6. The van der Waals surface area contributed by atoms with E-state index in [0.717, 1.165) is 6.42 Å². The van der Waals surface area contributed by atoms with Crippen LogP contribution in [0.2, 0.25) is 18.1 Å². The van der Waals surface area contributed by atoms with Gasteiger partial charge in [0.05, 0.1) is 18.6 Å². The van der Waals surface area contributed by atoms with Crippen molar-refractivity contribution in [3.63, 3.8) is 0 Å². The van der Waals surface area contributed by atoms with Crippen molar-refractivity contribution in [1.29, 1.82) is 0 Å². The summed E-state index contributed by atoms with van der Waals surface area (Å²) in [5.74, 6) is 0.250. The van der Waals surface area contributed by atoms with E-state index >= 15 is 0 Å². The predicted octanol–water partition coefficient (Wildman–Crippen LogP) is 3.66. The van der Waals surface area contributed by atoms with Gasteiger partial charge in [-0.2, -0.15) is 0 Å². The summed E-state index contributed by atoms with van der Waals surface area (Å²) < 4.78 is 12.1. The Morgan fingerprint density at radius 3 is 2.65 bits per heavy atom. The van der Waals surface area contributed by atoms with Crippen LogP contribution in [0.25, 0.3) is 0 Å². The lowest BCUT2D eigenvalue weighted by Gasteiger charge is -2.39. The summed E-state index contributed by atoms with van der Waals surface area (Å²) in [6, 6.07) is 0. The SMILES string of the molecule is CCC(O)/C=C/[C@H]1C(O[Si](C)(C)C(C)(C)C)CC2OC(=O)CC21. The molecule has 0 bridgehead atoms. The normalized spacial score (nSPS) is 33.1. The maximum atomic E-state index is 11.6. The van der Waals surface area contributed by atoms with Gasteiger partial charge >= 0.3 is 5.97 Å². The first-order chi connectivity index (χ1) is 10.5. The Morgan fingerprint density at radius 1 is 1.43 bits per heavy atom. The molecular weight excluding hydrogens is 308 g/mol. The number of carbonyl (C=O) groups excluding carboxylic acids is 1. The smallest absolute Gasteiger partial charge is 0.306 e. The molecule has 2 fully saturated rings. The Morgan fingerprint density at radius 2 is 2.09 bits per heavy atom. The lowest BCUT2D eigenvalue weighted by molar-refractivity contribution is -0.141. The molecule has 1 aliphatic heterocycles. The van der Waals surface area contributed by atoms with Crippen LogP contribution < -0.4 is 0 Å². The van der Waals surface area contributed by atoms with E-state index in [2.05, 4.69) is 39.9 Å². The molecule has 2 rings (SSSR count). The van der Waals surface area contributed by atoms with Crippen LogP contribution in [-0.2, 0) is 14.0 Å². The second-order valence-electron chi connectivity index (χ2n) is 8.49. The molecule has 0 aromatic heterocycles. The average molecular weight is 341 g/mol. The van der Waals surface area contributed by atoms with Crippen LogP contribution in [0, 0.1) is 11.8 Å². The summed E-state index contributed by atoms with van der Waals surface area (Å²) in [6.07, 6.45) is 5.50. The Balaban J connectivity index is 2.17. The lowest BCUT2D eigenvalue weighted by atomic mass is 9.91. The van der Waals surface area contributed by atoms with Gasteiger partial charge in [0.15, 0.2) is 8.32 Å². The van der Waals surface area contributed by atoms with E-state index in [1.165, 1.54) is 0 Å². The van der Waals surface area contributed by atoms with E-state index in [4.69, 9.17) is 9.16 Å². The van der Waals surface area contributed by atoms with Gasteiger partial charge in [-0.3, -0.25) is 4.79 Å². The van der Waals surface area contributed by atoms with Crippen molar-refractivity contribution >= 4 is 14.3 Å². The van der Waals surface area contributed by atoms with Crippen LogP contribution in [-0.4, -0.2) is 37.7 Å². The summed E-state index contributed by atoms with van der Waals surface area (Å²) >= 11 is 0. The summed E-state index contributed by atoms with van der Waals surface area (Å²) in [6.45, 7) is 13.2. The van der Waals surface area contributed by atoms with Gasteiger partial charge < -0.3 is 14.3 Å². The molecule has 0 spiro atoms. The molecular formula is C18H32O4Si. The van der Waals surface area contributed by atoms with Gasteiger partial charge in [-0.25, -0.2) is 0 Å². The van der Waals surface area contributed by atoms with Crippen molar-refractivity contribution in [2.24, 2.45) is 11.8 Å². The maximum absolute atomic E-state index is 11.6. The zero-order chi connectivity index (χ0) is 17.4. The molecule has 0 aromatic rings. The van der Waals surface area contributed by atoms with Gasteiger partial charge in [0.25, 0.3) is 0 Å². The average Bonchev–Trinajstić information content (AvgIpc) is 2.90. The molecule has 1 N–H and O–H groups in total. The van der Waals surface area contributed by atoms with E-state index in [1.54, 1.807) is 0 Å². The highest BCUT2D eigenvalue weighted by atomic mass is 28.4. The number of fused-ring (bicyclic) bond motifs is 1. The molecule has 1 aliphatic carbocycles. The molecule has 0 amide bonds. The van der Waals surface area contributed by atoms with E-state index in [9.17, 15) is 9.90 Å². The number of esters is 1. The van der Waals surface area contributed by atoms with E-state index < -0.39 is 14.4 Å². The molecule has 132 valence electrons. The number of carbonyl (C=O) groups is 1. The Labute approximate surface area is 141 Å². The molecule has 0 aromatic carbocycles. The minimum Gasteiger partial charge on any atom is -0.462 e. The molecule has 1 saturated carbocycles. The minimum absolute atomic E-state index is 0.0225. The third-order valence-electron chi connectivity index (χ3n) is 5.78. The molecule has 1 heterocycles. The number of aliphatic hydroxyl groups is 1. The molecule has 4 unspecified atom stereocenters. The molecule has 1 saturated heterocycles. The monoisotopic (exact) mass is 340 g/mol. The van der Waals surface area contributed by atoms with Crippen molar-refractivity contribution in [1.82, 2.24) is 0 Å². The quantitative estimate of drug-likeness (QED) is 0.471. The molecule has 4 nitrogen and oxygen atoms in total. The number of ether oxygens (including phenoxy) is 1. The van der Waals surface area contributed by atoms with E-state index in [-0.39, 0.29) is 35.1 Å². The third kappa shape index (κ3) is 4.06. The van der Waals surface area contributed by atoms with Crippen LogP contribution in [0.1, 0.15) is 47.0 Å². The fraction of sp³-hybridized carbons (Fsp3) is 0.833. The minimum atomic E-state index is -1.88. The Hall–Kier alpha value is -0.653. The zero-order valence-corrected chi connectivity index (χ0v) is 16.3. The van der Waals surface area contributed by atoms with Crippen molar-refractivity contribution in [2.45, 2.75) is 83.4 Å². The van der Waals surface area contributed by atoms with Crippen LogP contribution in [0.15, 0.2) is 12.2 Å². The largest absolute Gasteiger partial charge is 0.462 e. The first-order valence-corrected chi connectivity index (χ1v) is 11.7. The number of aliphatic hydroxyl groups excluding tert-OH is 1. The van der Waals surface area contributed by atoms with Gasteiger partial charge in [0.2, 0.25) is 0 Å². The topological polar surface area (TPSA) is 55.8 Å². The van der Waals surface area contributed by atoms with Crippen molar-refractivity contribution in [2.75, 3.05) is 0 Å². The fourth-order valence-electron chi connectivity index (χ4n) is 3.24. The van der Waals surface area contributed by atoms with Gasteiger partial charge in [0, 0.05) is 18.3 Å². The predicted molar refractivity (Wildman–Crippen MR) is 93.6 cm³/mol. The molecule has 0 radical (unpaired) electrons. The second kappa shape index (κ2) is 6.69. The van der Waals surface area contributed by atoms with Crippen LogP contribution in [0.3, 0.4) is 0 Å². The molecule has 5 heteroatoms. The fourth-order valence-corrected chi connectivity index (χ4v) is 4.60. The highest BCUT2D eigenvalue weighted by Gasteiger charge is 2.52. The third-order valence-corrected chi connectivity index (χ3v) is 10.3. The van der Waals surface area contributed by atoms with E-state index in [0.29, 0.717) is 12.8 Å². The summed E-state index contributed by atoms with van der Waals surface area (Å²) in [5, 5.41) is 9.99. The standard InChI is InChI=1S/C18H32O4Si/c1-7-12(19)8-9-13-14-10-17(20)21-15(14)11-16(13)22-23(5,6)18(2,3)4/h8-9,12-16,19H,7,10-11H2,1-6H3/b9-8+/t12?,13-,14?,15?,16?/m1/s1. The first-order valence-electron chi connectivity index (χ1n) is 8.79. The van der Waals surface area contributed by atoms with Crippen molar-refractivity contribution in [3.05, 3.63) is 12.2 Å². The van der Waals surface area contributed by atoms with Gasteiger partial charge in [-0.1, -0.05) is 39.8 Å². The highest BCUT2D eigenvalue weighted by molar-refractivity contribution is 6.74. The molecule has 5 atom stereocenters. The number of rotatable bonds is 5. The van der Waals surface area contributed by atoms with E-state index in [1.807, 2.05) is 13.0 Å². The maximum Gasteiger partial charge on any atom is 0.306 e. The summed E-state index contributed by atoms with van der Waals surface area (Å²) in [7, 11) is -1.88. The number of hydrogen-bond donors (Lipinski definition) is 1. The Kier molecular flexibility index (Phi) is 5.43. The van der Waals surface area contributed by atoms with Crippen LogP contribution in [0.4, 0.5) is 0 Å². The van der Waals surface area contributed by atoms with Gasteiger partial charge in [-0.15, -0.1) is 0 Å².